The number of nitrogens with one attached hydrogen (secondary N) is 2. The second-order valence-corrected chi connectivity index (χ2v) is 8.17. The number of hydrogen-bond acceptors (Lipinski definition) is 3. The number of carbonyl (C=O) groups excluding carboxylic acids is 2. The van der Waals surface area contributed by atoms with E-state index in [0.717, 1.165) is 60.9 Å². The number of benzene rings is 2. The Kier molecular flexibility index (Phi) is 8.87. The molecule has 0 aliphatic rings. The molecule has 0 radical (unpaired) electrons. The number of hydrogen-bond donors (Lipinski definition) is 3. The van der Waals surface area contributed by atoms with Gasteiger partial charge in [0.2, 0.25) is 11.8 Å². The monoisotopic (exact) mass is 435 g/mol. The minimum atomic E-state index is -0.350. The smallest absolute Gasteiger partial charge is 0.243 e. The Morgan fingerprint density at radius 3 is 2.41 bits per heavy atom. The highest BCUT2D eigenvalue weighted by Crippen LogP contribution is 2.27. The summed E-state index contributed by atoms with van der Waals surface area (Å²) in [5.41, 5.74) is 5.96. The molecule has 3 aromatic rings. The molecule has 1 heterocycles. The number of nitrogens with zero attached hydrogens (tertiary/aromatic N) is 1. The maximum Gasteiger partial charge on any atom is 0.243 e. The van der Waals surface area contributed by atoms with Crippen molar-refractivity contribution < 1.29 is 14.8 Å². The molecule has 3 N–H and O–H groups in total. The molecular formula is C26H33N3O3. The molecule has 2 amide bonds. The fraction of sp³-hybridized carbons (Fsp3) is 0.385. The zero-order valence-electron chi connectivity index (χ0n) is 18.8. The molecule has 2 aromatic carbocycles. The van der Waals surface area contributed by atoms with E-state index >= 15 is 0 Å². The van der Waals surface area contributed by atoms with Gasteiger partial charge >= 0.3 is 0 Å². The lowest BCUT2D eigenvalue weighted by Crippen LogP contribution is -2.31. The van der Waals surface area contributed by atoms with Crippen LogP contribution in [-0.2, 0) is 9.59 Å². The van der Waals surface area contributed by atoms with E-state index in [2.05, 4.69) is 48.3 Å². The normalized spacial score (nSPS) is 10.9. The average Bonchev–Trinajstić information content (AvgIpc) is 3.30. The summed E-state index contributed by atoms with van der Waals surface area (Å²) >= 11 is 0. The lowest BCUT2D eigenvalue weighted by molar-refractivity contribution is -0.129. The molecule has 0 fully saturated rings. The number of hydroxylamine groups is 1. The van der Waals surface area contributed by atoms with Crippen LogP contribution in [0.1, 0.15) is 58.3 Å². The summed E-state index contributed by atoms with van der Waals surface area (Å²) in [6, 6.07) is 16.6. The van der Waals surface area contributed by atoms with E-state index in [1.54, 1.807) is 5.48 Å². The first-order valence-corrected chi connectivity index (χ1v) is 11.5. The van der Waals surface area contributed by atoms with Crippen molar-refractivity contribution in [2.45, 2.75) is 58.3 Å². The highest BCUT2D eigenvalue weighted by atomic mass is 16.5. The molecule has 0 saturated carbocycles. The van der Waals surface area contributed by atoms with Gasteiger partial charge in [-0.2, -0.15) is 0 Å². The fourth-order valence-electron chi connectivity index (χ4n) is 3.89. The first-order valence-electron chi connectivity index (χ1n) is 11.5. The Morgan fingerprint density at radius 2 is 1.66 bits per heavy atom. The lowest BCUT2D eigenvalue weighted by atomic mass is 10.0. The van der Waals surface area contributed by atoms with E-state index in [0.29, 0.717) is 19.4 Å². The van der Waals surface area contributed by atoms with Crippen LogP contribution < -0.4 is 10.4 Å². The molecule has 0 aliphatic carbocycles. The second kappa shape index (κ2) is 12.1. The summed E-state index contributed by atoms with van der Waals surface area (Å²) in [4.78, 5) is 29.1. The van der Waals surface area contributed by atoms with Gasteiger partial charge in [0.1, 0.15) is 0 Å². The minimum absolute atomic E-state index is 0.159. The van der Waals surface area contributed by atoms with Gasteiger partial charge < -0.3 is 9.88 Å². The van der Waals surface area contributed by atoms with Crippen molar-refractivity contribution in [3.05, 3.63) is 54.7 Å². The maximum atomic E-state index is 12.9. The average molecular weight is 436 g/mol. The summed E-state index contributed by atoms with van der Waals surface area (Å²) in [5, 5.41) is 9.74. The van der Waals surface area contributed by atoms with Gasteiger partial charge in [-0.15, -0.1) is 0 Å². The number of H-pyrrole nitrogens is 1. The van der Waals surface area contributed by atoms with Gasteiger partial charge in [0.05, 0.1) is 0 Å². The number of fused-ring (bicyclic) bond motifs is 1. The number of unbranched alkanes of at least 4 members (excludes halogenated alkanes) is 4. The molecule has 32 heavy (non-hydrogen) atoms. The van der Waals surface area contributed by atoms with E-state index < -0.39 is 0 Å². The van der Waals surface area contributed by atoms with Crippen LogP contribution in [0, 0.1) is 0 Å². The van der Waals surface area contributed by atoms with Gasteiger partial charge in [-0.1, -0.05) is 50.5 Å². The Labute approximate surface area is 189 Å². The third-order valence-electron chi connectivity index (χ3n) is 5.77. The Hall–Kier alpha value is -3.12. The molecule has 1 aromatic heterocycles. The van der Waals surface area contributed by atoms with Crippen LogP contribution in [0.5, 0.6) is 0 Å². The Bertz CT molecular complexity index is 1010. The number of amides is 2. The summed E-state index contributed by atoms with van der Waals surface area (Å²) in [5.74, 6) is -0.191. The highest BCUT2D eigenvalue weighted by molar-refractivity contribution is 5.93. The third-order valence-corrected chi connectivity index (χ3v) is 5.77. The molecule has 0 bridgehead atoms. The molecule has 0 unspecified atom stereocenters. The molecule has 6 nitrogen and oxygen atoms in total. The summed E-state index contributed by atoms with van der Waals surface area (Å²) < 4.78 is 0. The van der Waals surface area contributed by atoms with Crippen molar-refractivity contribution in [1.29, 1.82) is 0 Å². The van der Waals surface area contributed by atoms with Crippen molar-refractivity contribution >= 4 is 28.4 Å². The zero-order valence-corrected chi connectivity index (χ0v) is 18.8. The SMILES string of the molecule is CCCCC(=O)N(CCCCCCC(=O)NO)c1ccc(-c2ccc3cc[nH]c3c2)cc1. The van der Waals surface area contributed by atoms with Crippen molar-refractivity contribution in [2.75, 3.05) is 11.4 Å². The molecule has 0 saturated heterocycles. The van der Waals surface area contributed by atoms with Gasteiger partial charge in [-0.25, -0.2) is 5.48 Å². The summed E-state index contributed by atoms with van der Waals surface area (Å²) in [6.45, 7) is 2.76. The molecule has 0 aliphatic heterocycles. The number of aromatic nitrogens is 1. The predicted octanol–water partition coefficient (Wildman–Crippen LogP) is 5.81. The van der Waals surface area contributed by atoms with E-state index in [-0.39, 0.29) is 11.8 Å². The van der Waals surface area contributed by atoms with Crippen LogP contribution in [0.2, 0.25) is 0 Å². The first-order chi connectivity index (χ1) is 15.6. The van der Waals surface area contributed by atoms with E-state index in [1.807, 2.05) is 23.2 Å². The van der Waals surface area contributed by atoms with Gasteiger partial charge in [0, 0.05) is 36.8 Å². The first kappa shape index (κ1) is 23.5. The largest absolute Gasteiger partial charge is 0.361 e. The van der Waals surface area contributed by atoms with E-state index in [4.69, 9.17) is 5.21 Å². The van der Waals surface area contributed by atoms with Crippen LogP contribution in [0.25, 0.3) is 22.0 Å². The van der Waals surface area contributed by atoms with Crippen molar-refractivity contribution in [2.24, 2.45) is 0 Å². The molecular weight excluding hydrogens is 402 g/mol. The van der Waals surface area contributed by atoms with Crippen LogP contribution in [-0.4, -0.2) is 28.6 Å². The van der Waals surface area contributed by atoms with Crippen LogP contribution in [0.4, 0.5) is 5.69 Å². The zero-order chi connectivity index (χ0) is 22.8. The summed E-state index contributed by atoms with van der Waals surface area (Å²) in [7, 11) is 0. The van der Waals surface area contributed by atoms with E-state index in [9.17, 15) is 9.59 Å². The lowest BCUT2D eigenvalue weighted by Gasteiger charge is -2.23. The van der Waals surface area contributed by atoms with E-state index in [1.165, 1.54) is 5.39 Å². The van der Waals surface area contributed by atoms with Crippen LogP contribution in [0.15, 0.2) is 54.7 Å². The van der Waals surface area contributed by atoms with Gasteiger partial charge in [0.25, 0.3) is 0 Å². The molecule has 0 atom stereocenters. The number of rotatable bonds is 12. The van der Waals surface area contributed by atoms with Gasteiger partial charge in [0.15, 0.2) is 0 Å². The topological polar surface area (TPSA) is 85.4 Å². The van der Waals surface area contributed by atoms with Crippen LogP contribution in [0.3, 0.4) is 0 Å². The number of carbonyl (C=O) groups is 2. The minimum Gasteiger partial charge on any atom is -0.361 e. The van der Waals surface area contributed by atoms with Gasteiger partial charge in [-0.3, -0.25) is 14.8 Å². The van der Waals surface area contributed by atoms with Crippen molar-refractivity contribution in [3.8, 4) is 11.1 Å². The highest BCUT2D eigenvalue weighted by Gasteiger charge is 2.15. The van der Waals surface area contributed by atoms with Crippen molar-refractivity contribution in [3.63, 3.8) is 0 Å². The third kappa shape index (κ3) is 6.44. The van der Waals surface area contributed by atoms with Gasteiger partial charge in [-0.05, 0) is 60.0 Å². The number of anilines is 1. The maximum absolute atomic E-state index is 12.9. The summed E-state index contributed by atoms with van der Waals surface area (Å²) in [6.07, 6.45) is 8.14. The molecule has 170 valence electrons. The second-order valence-electron chi connectivity index (χ2n) is 8.17. The Balaban J connectivity index is 1.64. The molecule has 3 rings (SSSR count). The quantitative estimate of drug-likeness (QED) is 0.190. The Morgan fingerprint density at radius 1 is 0.906 bits per heavy atom. The van der Waals surface area contributed by atoms with Crippen LogP contribution >= 0.6 is 0 Å². The number of aromatic amines is 1. The fourth-order valence-corrected chi connectivity index (χ4v) is 3.89. The van der Waals surface area contributed by atoms with Crippen molar-refractivity contribution in [1.82, 2.24) is 10.5 Å². The molecule has 6 heteroatoms. The standard InChI is InChI=1S/C26H33N3O3/c1-2-3-9-26(31)29(18-7-5-4-6-8-25(30)28-32)23-14-12-20(13-15-23)22-11-10-21-16-17-27-24(21)19-22/h10-17,19,27,32H,2-9,18H2,1H3,(H,28,30). The predicted molar refractivity (Wildman–Crippen MR) is 129 cm³/mol. The molecule has 0 spiro atoms.